The standard InChI is InChI=1S/C60H74N2O6/c1-4-7-10-12-15-40-17-23-42(24-18-40)44-27-33-47(34-28-44)67-51-37-49(61)53-55(57(51)63)60(66)54-50(62-46-31-21-39(22-32-46)14-9-6-3)38-52(58(64)56(54)59(53)65)68-48-35-29-45(30-36-48)43-25-19-41(20-26-43)16-13-11-8-5-2/h21-22,27-38,40-43,62-64H,4-20,23-26,61H2,1-3H3. The minimum absolute atomic E-state index is 0.00777. The molecule has 3 aliphatic rings. The largest absolute Gasteiger partial charge is 0.504 e. The summed E-state index contributed by atoms with van der Waals surface area (Å²) >= 11 is 0. The monoisotopic (exact) mass is 919 g/mol. The zero-order valence-corrected chi connectivity index (χ0v) is 40.8. The molecule has 2 saturated carbocycles. The van der Waals surface area contributed by atoms with Crippen LogP contribution in [0.5, 0.6) is 34.5 Å². The van der Waals surface area contributed by atoms with Gasteiger partial charge in [-0.2, -0.15) is 0 Å². The Morgan fingerprint density at radius 2 is 0.985 bits per heavy atom. The molecule has 8 nitrogen and oxygen atoms in total. The van der Waals surface area contributed by atoms with E-state index in [0.29, 0.717) is 29.0 Å². The lowest BCUT2D eigenvalue weighted by Gasteiger charge is -2.29. The summed E-state index contributed by atoms with van der Waals surface area (Å²) in [6.45, 7) is 6.68. The first kappa shape index (κ1) is 48.7. The van der Waals surface area contributed by atoms with Crippen LogP contribution in [-0.2, 0) is 6.42 Å². The summed E-state index contributed by atoms with van der Waals surface area (Å²) in [5, 5.41) is 27.1. The van der Waals surface area contributed by atoms with Crippen molar-refractivity contribution in [1.29, 1.82) is 0 Å². The Kier molecular flexibility index (Phi) is 16.5. The Hall–Kier alpha value is -5.76. The van der Waals surface area contributed by atoms with Crippen LogP contribution < -0.4 is 20.5 Å². The van der Waals surface area contributed by atoms with Gasteiger partial charge < -0.3 is 30.7 Å². The molecule has 5 aromatic carbocycles. The van der Waals surface area contributed by atoms with E-state index in [9.17, 15) is 19.8 Å². The van der Waals surface area contributed by atoms with E-state index in [-0.39, 0.29) is 45.1 Å². The van der Waals surface area contributed by atoms with Gasteiger partial charge in [-0.1, -0.05) is 128 Å². The van der Waals surface area contributed by atoms with Crippen molar-refractivity contribution in [3.05, 3.63) is 124 Å². The van der Waals surface area contributed by atoms with Crippen LogP contribution in [0, 0.1) is 11.8 Å². The van der Waals surface area contributed by atoms with E-state index < -0.39 is 23.1 Å². The molecular formula is C60H74N2O6. The van der Waals surface area contributed by atoms with Crippen molar-refractivity contribution in [2.24, 2.45) is 11.8 Å². The predicted octanol–water partition coefficient (Wildman–Crippen LogP) is 16.6. The number of rotatable bonds is 21. The minimum atomic E-state index is -0.703. The van der Waals surface area contributed by atoms with Gasteiger partial charge in [-0.05, 0) is 141 Å². The minimum Gasteiger partial charge on any atom is -0.504 e. The van der Waals surface area contributed by atoms with Crippen LogP contribution in [0.3, 0.4) is 0 Å². The Morgan fingerprint density at radius 1 is 0.529 bits per heavy atom. The number of aromatic hydroxyl groups is 2. The fourth-order valence-electron chi connectivity index (χ4n) is 11.2. The first-order valence-corrected chi connectivity index (χ1v) is 26.2. The summed E-state index contributed by atoms with van der Waals surface area (Å²) in [6, 6.07) is 26.8. The first-order chi connectivity index (χ1) is 33.1. The topological polar surface area (TPSA) is 131 Å². The van der Waals surface area contributed by atoms with Gasteiger partial charge in [-0.25, -0.2) is 0 Å². The highest BCUT2D eigenvalue weighted by atomic mass is 16.5. The molecule has 0 saturated heterocycles. The number of phenols is 2. The van der Waals surface area contributed by atoms with Crippen molar-refractivity contribution in [3.63, 3.8) is 0 Å². The molecule has 0 amide bonds. The molecule has 0 heterocycles. The number of carbonyl (C=O) groups is 2. The molecule has 68 heavy (non-hydrogen) atoms. The van der Waals surface area contributed by atoms with Crippen LogP contribution in [-0.4, -0.2) is 21.8 Å². The molecule has 8 heteroatoms. The Labute approximate surface area is 405 Å². The van der Waals surface area contributed by atoms with Gasteiger partial charge in [0.15, 0.2) is 23.0 Å². The smallest absolute Gasteiger partial charge is 0.200 e. The lowest BCUT2D eigenvalue weighted by Crippen LogP contribution is -2.24. The molecular weight excluding hydrogens is 845 g/mol. The number of hydrogen-bond acceptors (Lipinski definition) is 8. The average Bonchev–Trinajstić information content (AvgIpc) is 3.36. The molecule has 0 aromatic heterocycles. The van der Waals surface area contributed by atoms with Gasteiger partial charge >= 0.3 is 0 Å². The predicted molar refractivity (Wildman–Crippen MR) is 276 cm³/mol. The van der Waals surface area contributed by atoms with Gasteiger partial charge in [0.1, 0.15) is 11.5 Å². The number of nitrogens with two attached hydrogens (primary N) is 1. The Bertz CT molecular complexity index is 2480. The van der Waals surface area contributed by atoms with Crippen LogP contribution in [0.2, 0.25) is 0 Å². The maximum Gasteiger partial charge on any atom is 0.200 e. The van der Waals surface area contributed by atoms with Crippen molar-refractivity contribution in [2.75, 3.05) is 11.1 Å². The van der Waals surface area contributed by atoms with Crippen LogP contribution in [0.15, 0.2) is 84.9 Å². The summed E-state index contributed by atoms with van der Waals surface area (Å²) < 4.78 is 12.6. The van der Waals surface area contributed by atoms with E-state index in [2.05, 4.69) is 50.4 Å². The number of benzene rings is 5. The number of fused-ring (bicyclic) bond motifs is 2. The third-order valence-corrected chi connectivity index (χ3v) is 15.3. The van der Waals surface area contributed by atoms with Crippen molar-refractivity contribution in [1.82, 2.24) is 0 Å². The zero-order chi connectivity index (χ0) is 47.6. The number of nitrogens with one attached hydrogen (secondary N) is 1. The number of unbranched alkanes of at least 4 members (excludes halogenated alkanes) is 7. The van der Waals surface area contributed by atoms with Crippen LogP contribution in [0.4, 0.5) is 17.1 Å². The molecule has 2 fully saturated rings. The molecule has 0 unspecified atom stereocenters. The van der Waals surface area contributed by atoms with E-state index in [4.69, 9.17) is 15.2 Å². The van der Waals surface area contributed by atoms with Gasteiger partial charge in [0.2, 0.25) is 11.6 Å². The van der Waals surface area contributed by atoms with E-state index in [1.165, 1.54) is 138 Å². The molecule has 8 rings (SSSR count). The Balaban J connectivity index is 1.03. The molecule has 0 atom stereocenters. The first-order valence-electron chi connectivity index (χ1n) is 26.2. The second-order valence-electron chi connectivity index (χ2n) is 20.1. The molecule has 0 radical (unpaired) electrons. The highest BCUT2D eigenvalue weighted by Gasteiger charge is 2.41. The van der Waals surface area contributed by atoms with Gasteiger partial charge in [-0.15, -0.1) is 0 Å². The number of ether oxygens (including phenoxy) is 2. The number of carbonyl (C=O) groups excluding carboxylic acids is 2. The van der Waals surface area contributed by atoms with Crippen molar-refractivity contribution in [2.45, 2.75) is 167 Å². The van der Waals surface area contributed by atoms with Crippen molar-refractivity contribution >= 4 is 28.6 Å². The Morgan fingerprint density at radius 3 is 1.47 bits per heavy atom. The summed E-state index contributed by atoms with van der Waals surface area (Å²) in [6.07, 6.45) is 26.0. The van der Waals surface area contributed by atoms with Gasteiger partial charge in [-0.3, -0.25) is 9.59 Å². The maximum atomic E-state index is 14.8. The van der Waals surface area contributed by atoms with Crippen molar-refractivity contribution < 1.29 is 29.3 Å². The van der Waals surface area contributed by atoms with Crippen LogP contribution in [0.25, 0.3) is 0 Å². The zero-order valence-electron chi connectivity index (χ0n) is 40.8. The lowest BCUT2D eigenvalue weighted by molar-refractivity contribution is 0.0974. The third-order valence-electron chi connectivity index (χ3n) is 15.3. The average molecular weight is 919 g/mol. The summed E-state index contributed by atoms with van der Waals surface area (Å²) in [5.74, 6) is 1.22. The summed E-state index contributed by atoms with van der Waals surface area (Å²) in [4.78, 5) is 29.5. The van der Waals surface area contributed by atoms with Gasteiger partial charge in [0.05, 0.1) is 27.9 Å². The van der Waals surface area contributed by atoms with E-state index >= 15 is 0 Å². The third kappa shape index (κ3) is 11.4. The van der Waals surface area contributed by atoms with E-state index in [1.807, 2.05) is 48.5 Å². The molecule has 0 aliphatic heterocycles. The quantitative estimate of drug-likeness (QED) is 0.0319. The summed E-state index contributed by atoms with van der Waals surface area (Å²) in [7, 11) is 0. The maximum absolute atomic E-state index is 14.8. The SMILES string of the molecule is CCCCCCC1CCC(c2ccc(Oc3cc(N)c4c(c3O)C(=O)c3c(Nc5ccc(CCCC)cc5)cc(Oc5ccc(C6CCC(CCCCCC)CC6)cc5)c(O)c3C4=O)cc2)CC1. The number of phenolic OH excluding ortho intramolecular Hbond substituents is 2. The lowest BCUT2D eigenvalue weighted by atomic mass is 9.77. The van der Waals surface area contributed by atoms with Crippen molar-refractivity contribution in [3.8, 4) is 34.5 Å². The highest BCUT2D eigenvalue weighted by Crippen LogP contribution is 2.50. The second kappa shape index (κ2) is 23.0. The molecule has 5 N–H and O–H groups in total. The van der Waals surface area contributed by atoms with Gasteiger partial charge in [0, 0.05) is 23.5 Å². The molecule has 360 valence electrons. The normalized spacial score (nSPS) is 19.0. The van der Waals surface area contributed by atoms with E-state index in [1.54, 1.807) is 6.07 Å². The molecule has 0 spiro atoms. The van der Waals surface area contributed by atoms with E-state index in [0.717, 1.165) is 31.1 Å². The molecule has 5 aromatic rings. The summed E-state index contributed by atoms with van der Waals surface area (Å²) in [5.41, 5.74) is 10.4. The number of aryl methyl sites for hydroxylation is 1. The number of ketones is 2. The number of anilines is 3. The van der Waals surface area contributed by atoms with Gasteiger partial charge in [0.25, 0.3) is 0 Å². The van der Waals surface area contributed by atoms with Crippen LogP contribution >= 0.6 is 0 Å². The number of hydrogen-bond donors (Lipinski definition) is 4. The molecule has 3 aliphatic carbocycles. The second-order valence-corrected chi connectivity index (χ2v) is 20.1. The fraction of sp³-hybridized carbons (Fsp3) is 0.467. The fourth-order valence-corrected chi connectivity index (χ4v) is 11.2. The number of nitrogen functional groups attached to an aromatic ring is 1. The van der Waals surface area contributed by atoms with Crippen LogP contribution in [0.1, 0.15) is 210 Å². The highest BCUT2D eigenvalue weighted by molar-refractivity contribution is 6.34. The molecule has 0 bridgehead atoms.